The van der Waals surface area contributed by atoms with Crippen molar-refractivity contribution in [2.75, 3.05) is 13.2 Å². The van der Waals surface area contributed by atoms with Crippen molar-refractivity contribution < 1.29 is 9.53 Å². The summed E-state index contributed by atoms with van der Waals surface area (Å²) in [5.74, 6) is 0.860. The molecule has 1 rings (SSSR count). The van der Waals surface area contributed by atoms with Gasteiger partial charge >= 0.3 is 0 Å². The predicted octanol–water partition coefficient (Wildman–Crippen LogP) is 2.04. The first-order chi connectivity index (χ1) is 8.61. The molecule has 0 aliphatic rings. The van der Waals surface area contributed by atoms with Crippen LogP contribution in [0.1, 0.15) is 25.3 Å². The first-order valence-corrected chi connectivity index (χ1v) is 6.30. The van der Waals surface area contributed by atoms with Gasteiger partial charge in [-0.1, -0.05) is 12.1 Å². The molecule has 0 bridgehead atoms. The number of halogens is 1. The van der Waals surface area contributed by atoms with E-state index in [1.54, 1.807) is 0 Å². The third-order valence-corrected chi connectivity index (χ3v) is 2.50. The van der Waals surface area contributed by atoms with Crippen molar-refractivity contribution in [2.45, 2.75) is 32.7 Å². The maximum atomic E-state index is 11.5. The van der Waals surface area contributed by atoms with Gasteiger partial charge in [0.1, 0.15) is 12.4 Å². The van der Waals surface area contributed by atoms with Crippen LogP contribution >= 0.6 is 12.4 Å². The smallest absolute Gasteiger partial charge is 0.220 e. The van der Waals surface area contributed by atoms with E-state index in [-0.39, 0.29) is 24.4 Å². The molecule has 0 radical (unpaired) electrons. The SMILES string of the molecule is Cc1cccc(OCC(C)NC(=O)CCCN)c1.Cl. The van der Waals surface area contributed by atoms with Crippen molar-refractivity contribution >= 4 is 18.3 Å². The summed E-state index contributed by atoms with van der Waals surface area (Å²) in [6, 6.07) is 7.86. The van der Waals surface area contributed by atoms with Crippen molar-refractivity contribution in [2.24, 2.45) is 5.73 Å². The van der Waals surface area contributed by atoms with E-state index in [0.717, 1.165) is 17.7 Å². The van der Waals surface area contributed by atoms with Crippen molar-refractivity contribution in [3.63, 3.8) is 0 Å². The van der Waals surface area contributed by atoms with E-state index in [1.807, 2.05) is 38.1 Å². The van der Waals surface area contributed by atoms with Crippen LogP contribution in [0, 0.1) is 6.92 Å². The number of aryl methyl sites for hydroxylation is 1. The van der Waals surface area contributed by atoms with Gasteiger partial charge in [-0.2, -0.15) is 0 Å². The minimum absolute atomic E-state index is 0. The molecular formula is C14H23ClN2O2. The molecule has 1 unspecified atom stereocenters. The summed E-state index contributed by atoms with van der Waals surface area (Å²) < 4.78 is 5.61. The Bertz CT molecular complexity index is 385. The largest absolute Gasteiger partial charge is 0.491 e. The summed E-state index contributed by atoms with van der Waals surface area (Å²) in [4.78, 5) is 11.5. The van der Waals surface area contributed by atoms with Crippen LogP contribution < -0.4 is 15.8 Å². The number of hydrogen-bond donors (Lipinski definition) is 2. The second-order valence-corrected chi connectivity index (χ2v) is 4.49. The lowest BCUT2D eigenvalue weighted by molar-refractivity contribution is -0.121. The van der Waals surface area contributed by atoms with Crippen molar-refractivity contribution in [1.82, 2.24) is 5.32 Å². The highest BCUT2D eigenvalue weighted by atomic mass is 35.5. The van der Waals surface area contributed by atoms with Gasteiger partial charge in [0.25, 0.3) is 0 Å². The van der Waals surface area contributed by atoms with Gasteiger partial charge in [-0.05, 0) is 44.5 Å². The van der Waals surface area contributed by atoms with Gasteiger partial charge in [-0.3, -0.25) is 4.79 Å². The molecule has 3 N–H and O–H groups in total. The van der Waals surface area contributed by atoms with Gasteiger partial charge in [0.05, 0.1) is 6.04 Å². The molecule has 4 nitrogen and oxygen atoms in total. The fraction of sp³-hybridized carbons (Fsp3) is 0.500. The monoisotopic (exact) mass is 286 g/mol. The molecule has 0 heterocycles. The standard InChI is InChI=1S/C14H22N2O2.ClH/c1-11-5-3-6-13(9-11)18-10-12(2)16-14(17)7-4-8-15;/h3,5-6,9,12H,4,7-8,10,15H2,1-2H3,(H,16,17);1H. The molecule has 5 heteroatoms. The maximum absolute atomic E-state index is 11.5. The van der Waals surface area contributed by atoms with Crippen LogP contribution in [0.5, 0.6) is 5.75 Å². The number of ether oxygens (including phenoxy) is 1. The molecule has 0 saturated heterocycles. The zero-order valence-corrected chi connectivity index (χ0v) is 12.3. The Kier molecular flexibility index (Phi) is 9.00. The number of hydrogen-bond acceptors (Lipinski definition) is 3. The van der Waals surface area contributed by atoms with Gasteiger partial charge in [0.15, 0.2) is 0 Å². The Morgan fingerprint density at radius 1 is 1.47 bits per heavy atom. The van der Waals surface area contributed by atoms with Gasteiger partial charge in [0.2, 0.25) is 5.91 Å². The fourth-order valence-electron chi connectivity index (χ4n) is 1.58. The normalized spacial score (nSPS) is 11.3. The molecule has 0 spiro atoms. The van der Waals surface area contributed by atoms with Crippen LogP contribution in [0.3, 0.4) is 0 Å². The molecule has 0 fully saturated rings. The van der Waals surface area contributed by atoms with Gasteiger partial charge in [0, 0.05) is 6.42 Å². The zero-order chi connectivity index (χ0) is 13.4. The van der Waals surface area contributed by atoms with E-state index in [4.69, 9.17) is 10.5 Å². The number of carbonyl (C=O) groups is 1. The molecule has 0 aliphatic heterocycles. The van der Waals surface area contributed by atoms with Crippen LogP contribution in [0.2, 0.25) is 0 Å². The van der Waals surface area contributed by atoms with Crippen LogP contribution in [-0.2, 0) is 4.79 Å². The average Bonchev–Trinajstić information content (AvgIpc) is 2.34. The minimum atomic E-state index is -0.00390. The van der Waals surface area contributed by atoms with E-state index >= 15 is 0 Å². The van der Waals surface area contributed by atoms with E-state index in [2.05, 4.69) is 5.32 Å². The quantitative estimate of drug-likeness (QED) is 0.806. The minimum Gasteiger partial charge on any atom is -0.491 e. The third kappa shape index (κ3) is 7.70. The lowest BCUT2D eigenvalue weighted by Gasteiger charge is -2.15. The highest BCUT2D eigenvalue weighted by Gasteiger charge is 2.07. The Morgan fingerprint density at radius 3 is 2.84 bits per heavy atom. The summed E-state index contributed by atoms with van der Waals surface area (Å²) in [5, 5.41) is 2.88. The number of amides is 1. The van der Waals surface area contributed by atoms with Crippen LogP contribution in [0.25, 0.3) is 0 Å². The van der Waals surface area contributed by atoms with Crippen molar-refractivity contribution in [3.8, 4) is 5.75 Å². The lowest BCUT2D eigenvalue weighted by atomic mass is 10.2. The summed E-state index contributed by atoms with van der Waals surface area (Å²) in [5.41, 5.74) is 6.51. The van der Waals surface area contributed by atoms with Gasteiger partial charge < -0.3 is 15.8 Å². The van der Waals surface area contributed by atoms with Crippen molar-refractivity contribution in [1.29, 1.82) is 0 Å². The topological polar surface area (TPSA) is 64.3 Å². The molecule has 108 valence electrons. The number of nitrogens with one attached hydrogen (secondary N) is 1. The highest BCUT2D eigenvalue weighted by molar-refractivity contribution is 5.85. The number of nitrogens with two attached hydrogens (primary N) is 1. The van der Waals surface area contributed by atoms with Gasteiger partial charge in [-0.25, -0.2) is 0 Å². The fourth-order valence-corrected chi connectivity index (χ4v) is 1.58. The van der Waals surface area contributed by atoms with E-state index in [1.165, 1.54) is 0 Å². The molecule has 1 aromatic carbocycles. The molecular weight excluding hydrogens is 264 g/mol. The first kappa shape index (κ1) is 17.7. The van der Waals surface area contributed by atoms with Crippen molar-refractivity contribution in [3.05, 3.63) is 29.8 Å². The Hall–Kier alpha value is -1.26. The van der Waals surface area contributed by atoms with E-state index in [9.17, 15) is 4.79 Å². The third-order valence-electron chi connectivity index (χ3n) is 2.50. The molecule has 0 aromatic heterocycles. The number of carbonyl (C=O) groups excluding carboxylic acids is 1. The summed E-state index contributed by atoms with van der Waals surface area (Å²) >= 11 is 0. The summed E-state index contributed by atoms with van der Waals surface area (Å²) in [6.07, 6.45) is 1.20. The number of rotatable bonds is 7. The van der Waals surface area contributed by atoms with Crippen LogP contribution in [-0.4, -0.2) is 25.1 Å². The van der Waals surface area contributed by atoms with Crippen LogP contribution in [0.4, 0.5) is 0 Å². The second-order valence-electron chi connectivity index (χ2n) is 4.49. The van der Waals surface area contributed by atoms with Crippen LogP contribution in [0.15, 0.2) is 24.3 Å². The Balaban J connectivity index is 0.00000324. The zero-order valence-electron chi connectivity index (χ0n) is 11.5. The second kappa shape index (κ2) is 9.64. The Labute approximate surface area is 121 Å². The number of benzene rings is 1. The molecule has 1 atom stereocenters. The summed E-state index contributed by atoms with van der Waals surface area (Å²) in [7, 11) is 0. The summed E-state index contributed by atoms with van der Waals surface area (Å²) in [6.45, 7) is 4.96. The molecule has 1 aromatic rings. The molecule has 0 aliphatic carbocycles. The molecule has 0 saturated carbocycles. The predicted molar refractivity (Wildman–Crippen MR) is 79.8 cm³/mol. The van der Waals surface area contributed by atoms with E-state index < -0.39 is 0 Å². The highest BCUT2D eigenvalue weighted by Crippen LogP contribution is 2.12. The molecule has 1 amide bonds. The molecule has 19 heavy (non-hydrogen) atoms. The maximum Gasteiger partial charge on any atom is 0.220 e. The van der Waals surface area contributed by atoms with Gasteiger partial charge in [-0.15, -0.1) is 12.4 Å². The van der Waals surface area contributed by atoms with E-state index in [0.29, 0.717) is 19.6 Å². The lowest BCUT2D eigenvalue weighted by Crippen LogP contribution is -2.36. The first-order valence-electron chi connectivity index (χ1n) is 6.30. The Morgan fingerprint density at radius 2 is 2.21 bits per heavy atom. The average molecular weight is 287 g/mol.